The number of ether oxygens (including phenoxy) is 3. The molecule has 0 N–H and O–H groups in total. The summed E-state index contributed by atoms with van der Waals surface area (Å²) in [5.74, 6) is 1.17. The highest BCUT2D eigenvalue weighted by atomic mass is 16.5. The van der Waals surface area contributed by atoms with Gasteiger partial charge in [0.1, 0.15) is 22.8 Å². The molecule has 0 radical (unpaired) electrons. The van der Waals surface area contributed by atoms with Crippen LogP contribution in [-0.4, -0.2) is 26.6 Å². The Balaban J connectivity index is 1.59. The summed E-state index contributed by atoms with van der Waals surface area (Å²) in [5.41, 5.74) is 2.01. The van der Waals surface area contributed by atoms with Gasteiger partial charge >= 0.3 is 5.63 Å². The molecule has 0 spiro atoms. The molecule has 0 unspecified atom stereocenters. The lowest BCUT2D eigenvalue weighted by molar-refractivity contribution is 0.0918. The zero-order valence-corrected chi connectivity index (χ0v) is 17.1. The predicted molar refractivity (Wildman–Crippen MR) is 117 cm³/mol. The molecule has 1 heterocycles. The fraction of sp³-hybridized carbons (Fsp3) is 0.120. The quantitative estimate of drug-likeness (QED) is 0.320. The second-order valence-electron chi connectivity index (χ2n) is 6.78. The van der Waals surface area contributed by atoms with Crippen LogP contribution in [0, 0.1) is 0 Å². The molecule has 0 bridgehead atoms. The lowest BCUT2D eigenvalue weighted by atomic mass is 10.0. The minimum atomic E-state index is -0.456. The minimum Gasteiger partial charge on any atom is -0.497 e. The number of ketones is 1. The summed E-state index contributed by atoms with van der Waals surface area (Å²) < 4.78 is 21.5. The number of fused-ring (bicyclic) bond motifs is 1. The summed E-state index contributed by atoms with van der Waals surface area (Å²) in [7, 11) is 3.03. The lowest BCUT2D eigenvalue weighted by Gasteiger charge is -2.11. The van der Waals surface area contributed by atoms with Crippen LogP contribution in [0.15, 0.2) is 82.0 Å². The Morgan fingerprint density at radius 1 is 0.871 bits per heavy atom. The van der Waals surface area contributed by atoms with Crippen LogP contribution in [0.2, 0.25) is 0 Å². The third-order valence-corrected chi connectivity index (χ3v) is 4.88. The maximum Gasteiger partial charge on any atom is 0.336 e. The molecule has 0 atom stereocenters. The topological polar surface area (TPSA) is 75.0 Å². The molecule has 156 valence electrons. The van der Waals surface area contributed by atoms with Crippen molar-refractivity contribution >= 4 is 16.8 Å². The molecule has 6 heteroatoms. The minimum absolute atomic E-state index is 0.198. The van der Waals surface area contributed by atoms with Crippen molar-refractivity contribution in [3.63, 3.8) is 0 Å². The molecule has 0 aliphatic rings. The smallest absolute Gasteiger partial charge is 0.336 e. The molecule has 0 aliphatic carbocycles. The van der Waals surface area contributed by atoms with Gasteiger partial charge in [-0.3, -0.25) is 4.79 Å². The highest BCUT2D eigenvalue weighted by molar-refractivity contribution is 6.00. The van der Waals surface area contributed by atoms with Crippen LogP contribution >= 0.6 is 0 Å². The van der Waals surface area contributed by atoms with Crippen LogP contribution in [0.1, 0.15) is 10.4 Å². The van der Waals surface area contributed by atoms with E-state index < -0.39 is 5.63 Å². The predicted octanol–water partition coefficient (Wildman–Crippen LogP) is 4.74. The Morgan fingerprint density at radius 2 is 1.65 bits per heavy atom. The van der Waals surface area contributed by atoms with E-state index in [1.165, 1.54) is 13.2 Å². The Labute approximate surface area is 178 Å². The Hall–Kier alpha value is -4.06. The van der Waals surface area contributed by atoms with E-state index in [0.717, 1.165) is 16.5 Å². The summed E-state index contributed by atoms with van der Waals surface area (Å²) in [5, 5.41) is 0.779. The van der Waals surface area contributed by atoms with Gasteiger partial charge in [0.2, 0.25) is 5.78 Å². The molecule has 4 aromatic rings. The van der Waals surface area contributed by atoms with Gasteiger partial charge in [0.05, 0.1) is 19.8 Å². The van der Waals surface area contributed by atoms with Crippen LogP contribution in [0.5, 0.6) is 17.2 Å². The summed E-state index contributed by atoms with van der Waals surface area (Å²) in [6, 6.07) is 21.2. The van der Waals surface area contributed by atoms with E-state index in [2.05, 4.69) is 0 Å². The molecule has 0 aliphatic heterocycles. The second-order valence-corrected chi connectivity index (χ2v) is 6.78. The molecule has 0 saturated carbocycles. The van der Waals surface area contributed by atoms with Crippen molar-refractivity contribution in [2.24, 2.45) is 0 Å². The van der Waals surface area contributed by atoms with E-state index in [1.807, 2.05) is 36.4 Å². The standard InChI is InChI=1S/C25H20O6/c1-28-17-8-11-20(23(12-17)29-2)22(26)15-30-18-9-10-19-21(16-6-4-3-5-7-16)14-25(27)31-24(19)13-18/h3-14H,15H2,1-2H3. The van der Waals surface area contributed by atoms with Crippen molar-refractivity contribution in [2.45, 2.75) is 0 Å². The molecule has 6 nitrogen and oxygen atoms in total. The molecule has 0 saturated heterocycles. The van der Waals surface area contributed by atoms with E-state index in [-0.39, 0.29) is 12.4 Å². The van der Waals surface area contributed by atoms with Gasteiger partial charge in [-0.2, -0.15) is 0 Å². The van der Waals surface area contributed by atoms with Crippen molar-refractivity contribution in [3.8, 4) is 28.4 Å². The Morgan fingerprint density at radius 3 is 2.39 bits per heavy atom. The largest absolute Gasteiger partial charge is 0.497 e. The monoisotopic (exact) mass is 416 g/mol. The number of benzene rings is 3. The summed E-state index contributed by atoms with van der Waals surface area (Å²) in [4.78, 5) is 24.7. The molecule has 0 fully saturated rings. The average molecular weight is 416 g/mol. The van der Waals surface area contributed by atoms with Crippen LogP contribution in [0.4, 0.5) is 0 Å². The van der Waals surface area contributed by atoms with Crippen molar-refractivity contribution in [3.05, 3.63) is 88.8 Å². The normalized spacial score (nSPS) is 10.6. The van der Waals surface area contributed by atoms with Crippen molar-refractivity contribution in [2.75, 3.05) is 20.8 Å². The molecule has 0 amide bonds. The maximum absolute atomic E-state index is 12.6. The Kier molecular flexibility index (Phi) is 5.71. The highest BCUT2D eigenvalue weighted by Crippen LogP contribution is 2.30. The zero-order chi connectivity index (χ0) is 21.8. The Bertz CT molecular complexity index is 1290. The van der Waals surface area contributed by atoms with Gasteiger partial charge in [-0.1, -0.05) is 30.3 Å². The van der Waals surface area contributed by atoms with Crippen LogP contribution in [0.3, 0.4) is 0 Å². The van der Waals surface area contributed by atoms with Gasteiger partial charge in [0.25, 0.3) is 0 Å². The number of rotatable bonds is 7. The summed E-state index contributed by atoms with van der Waals surface area (Å²) in [6.45, 7) is -0.198. The average Bonchev–Trinajstić information content (AvgIpc) is 2.81. The number of Topliss-reactive ketones (excluding diaryl/α,β-unsaturated/α-hetero) is 1. The van der Waals surface area contributed by atoms with Gasteiger partial charge in [0.15, 0.2) is 6.61 Å². The summed E-state index contributed by atoms with van der Waals surface area (Å²) >= 11 is 0. The second kappa shape index (κ2) is 8.75. The number of carbonyl (C=O) groups is 1. The van der Waals surface area contributed by atoms with Gasteiger partial charge in [-0.25, -0.2) is 4.79 Å². The third kappa shape index (κ3) is 4.28. The first-order valence-corrected chi connectivity index (χ1v) is 9.60. The van der Waals surface area contributed by atoms with Crippen LogP contribution in [-0.2, 0) is 0 Å². The fourth-order valence-corrected chi connectivity index (χ4v) is 3.34. The van der Waals surface area contributed by atoms with E-state index in [9.17, 15) is 9.59 Å². The zero-order valence-electron chi connectivity index (χ0n) is 17.1. The molecule has 3 aromatic carbocycles. The van der Waals surface area contributed by atoms with E-state index in [0.29, 0.717) is 28.4 Å². The lowest BCUT2D eigenvalue weighted by Crippen LogP contribution is -2.13. The molecule has 4 rings (SSSR count). The maximum atomic E-state index is 12.6. The van der Waals surface area contributed by atoms with Gasteiger partial charge < -0.3 is 18.6 Å². The number of hydrogen-bond acceptors (Lipinski definition) is 6. The molecule has 1 aromatic heterocycles. The first kappa shape index (κ1) is 20.2. The van der Waals surface area contributed by atoms with Crippen molar-refractivity contribution in [1.82, 2.24) is 0 Å². The number of hydrogen-bond donors (Lipinski definition) is 0. The SMILES string of the molecule is COc1ccc(C(=O)COc2ccc3c(-c4ccccc4)cc(=O)oc3c2)c(OC)c1. The van der Waals surface area contributed by atoms with Crippen molar-refractivity contribution < 1.29 is 23.4 Å². The fourth-order valence-electron chi connectivity index (χ4n) is 3.34. The van der Waals surface area contributed by atoms with Crippen LogP contribution < -0.4 is 19.8 Å². The number of methoxy groups -OCH3 is 2. The number of carbonyl (C=O) groups excluding carboxylic acids is 1. The molecule has 31 heavy (non-hydrogen) atoms. The summed E-state index contributed by atoms with van der Waals surface area (Å²) in [6.07, 6.45) is 0. The first-order chi connectivity index (χ1) is 15.1. The van der Waals surface area contributed by atoms with Crippen LogP contribution in [0.25, 0.3) is 22.1 Å². The van der Waals surface area contributed by atoms with Crippen molar-refractivity contribution in [1.29, 1.82) is 0 Å². The molecular formula is C25H20O6. The van der Waals surface area contributed by atoms with Gasteiger partial charge in [-0.15, -0.1) is 0 Å². The van der Waals surface area contributed by atoms with Gasteiger partial charge in [0, 0.05) is 23.6 Å². The molecular weight excluding hydrogens is 396 g/mol. The highest BCUT2D eigenvalue weighted by Gasteiger charge is 2.15. The first-order valence-electron chi connectivity index (χ1n) is 9.60. The van der Waals surface area contributed by atoms with E-state index in [1.54, 1.807) is 37.4 Å². The van der Waals surface area contributed by atoms with Gasteiger partial charge in [-0.05, 0) is 35.4 Å². The third-order valence-electron chi connectivity index (χ3n) is 4.88. The van der Waals surface area contributed by atoms with E-state index >= 15 is 0 Å². The van der Waals surface area contributed by atoms with E-state index in [4.69, 9.17) is 18.6 Å².